The second-order valence-corrected chi connectivity index (χ2v) is 8.99. The lowest BCUT2D eigenvalue weighted by Gasteiger charge is -2.26. The van der Waals surface area contributed by atoms with Crippen LogP contribution in [-0.2, 0) is 20.9 Å². The standard InChI is InChI=1S/C27H25FN4O3/c28-17-6-7-19-21(16-32(23(19)14-17)9-3-8-31-10-12-35-13-11-31)25-24(26(33)30-27(25)34)20-15-29-22-5-2-1-4-18(20)22/h1-2,4-7,14-16,29H,3,8-13H2,(H,30,33,34). The number of para-hydroxylation sites is 1. The predicted octanol–water partition coefficient (Wildman–Crippen LogP) is 3.55. The SMILES string of the molecule is O=C1NC(=O)C(c2cn(CCCN3CCOCC3)c3cc(F)ccc23)=C1c1c[nH]c2ccccc12. The van der Waals surface area contributed by atoms with Gasteiger partial charge in [-0.3, -0.25) is 19.8 Å². The van der Waals surface area contributed by atoms with E-state index < -0.39 is 11.8 Å². The Morgan fingerprint density at radius 2 is 1.69 bits per heavy atom. The summed E-state index contributed by atoms with van der Waals surface area (Å²) in [6.45, 7) is 4.90. The van der Waals surface area contributed by atoms with Crippen LogP contribution in [0.2, 0.25) is 0 Å². The van der Waals surface area contributed by atoms with Crippen LogP contribution in [0.5, 0.6) is 0 Å². The summed E-state index contributed by atoms with van der Waals surface area (Å²) in [5.41, 5.74) is 3.56. The van der Waals surface area contributed by atoms with Crippen LogP contribution >= 0.6 is 0 Å². The number of hydrogen-bond donors (Lipinski definition) is 2. The molecule has 4 aromatic rings. The minimum Gasteiger partial charge on any atom is -0.379 e. The maximum absolute atomic E-state index is 14.2. The lowest BCUT2D eigenvalue weighted by atomic mass is 9.95. The molecule has 8 heteroatoms. The number of rotatable bonds is 6. The van der Waals surface area contributed by atoms with E-state index in [0.29, 0.717) is 34.3 Å². The van der Waals surface area contributed by atoms with Gasteiger partial charge in [-0.15, -0.1) is 0 Å². The molecule has 1 fully saturated rings. The fourth-order valence-corrected chi connectivity index (χ4v) is 5.19. The number of amides is 2. The Kier molecular flexibility index (Phi) is 5.47. The molecule has 2 aliphatic rings. The number of aryl methyl sites for hydroxylation is 1. The molecule has 6 rings (SSSR count). The molecule has 35 heavy (non-hydrogen) atoms. The van der Waals surface area contributed by atoms with Crippen LogP contribution in [-0.4, -0.2) is 59.1 Å². The van der Waals surface area contributed by atoms with Crippen molar-refractivity contribution in [3.63, 3.8) is 0 Å². The zero-order valence-electron chi connectivity index (χ0n) is 19.1. The number of aromatic nitrogens is 2. The molecule has 0 radical (unpaired) electrons. The molecule has 1 saturated heterocycles. The van der Waals surface area contributed by atoms with E-state index in [9.17, 15) is 14.0 Å². The third-order valence-electron chi connectivity index (χ3n) is 6.88. The molecular formula is C27H25FN4O3. The van der Waals surface area contributed by atoms with Gasteiger partial charge in [-0.1, -0.05) is 18.2 Å². The molecule has 2 aromatic heterocycles. The summed E-state index contributed by atoms with van der Waals surface area (Å²) in [7, 11) is 0. The van der Waals surface area contributed by atoms with Crippen molar-refractivity contribution >= 4 is 44.8 Å². The number of morpholine rings is 1. The van der Waals surface area contributed by atoms with Gasteiger partial charge in [-0.05, 0) is 30.7 Å². The first kappa shape index (κ1) is 21.8. The largest absolute Gasteiger partial charge is 0.379 e. The second kappa shape index (κ2) is 8.79. The molecule has 2 aromatic carbocycles. The van der Waals surface area contributed by atoms with Gasteiger partial charge in [0.25, 0.3) is 11.8 Å². The number of H-pyrrole nitrogens is 1. The minimum absolute atomic E-state index is 0.322. The average molecular weight is 473 g/mol. The lowest BCUT2D eigenvalue weighted by molar-refractivity contribution is -0.122. The summed E-state index contributed by atoms with van der Waals surface area (Å²) < 4.78 is 21.7. The number of ether oxygens (including phenoxy) is 1. The topological polar surface area (TPSA) is 79.4 Å². The third kappa shape index (κ3) is 3.84. The van der Waals surface area contributed by atoms with E-state index in [-0.39, 0.29) is 5.82 Å². The van der Waals surface area contributed by atoms with Crippen molar-refractivity contribution in [3.8, 4) is 0 Å². The van der Waals surface area contributed by atoms with Crippen molar-refractivity contribution in [2.45, 2.75) is 13.0 Å². The summed E-state index contributed by atoms with van der Waals surface area (Å²) in [6, 6.07) is 12.2. The van der Waals surface area contributed by atoms with E-state index in [2.05, 4.69) is 15.2 Å². The Hall–Kier alpha value is -3.75. The molecule has 0 bridgehead atoms. The molecule has 7 nitrogen and oxygen atoms in total. The molecule has 0 atom stereocenters. The molecular weight excluding hydrogens is 447 g/mol. The highest BCUT2D eigenvalue weighted by Crippen LogP contribution is 2.38. The smallest absolute Gasteiger partial charge is 0.259 e. The Morgan fingerprint density at radius 1 is 0.914 bits per heavy atom. The van der Waals surface area contributed by atoms with E-state index in [1.807, 2.05) is 35.0 Å². The zero-order valence-corrected chi connectivity index (χ0v) is 19.1. The summed E-state index contributed by atoms with van der Waals surface area (Å²) in [4.78, 5) is 31.6. The Balaban J connectivity index is 1.44. The van der Waals surface area contributed by atoms with Crippen LogP contribution in [0.4, 0.5) is 4.39 Å². The fraction of sp³-hybridized carbons (Fsp3) is 0.259. The van der Waals surface area contributed by atoms with Crippen molar-refractivity contribution in [1.29, 1.82) is 0 Å². The quantitative estimate of drug-likeness (QED) is 0.421. The molecule has 2 amide bonds. The molecule has 0 spiro atoms. The van der Waals surface area contributed by atoms with Crippen LogP contribution in [0.15, 0.2) is 54.9 Å². The Bertz CT molecular complexity index is 1490. The van der Waals surface area contributed by atoms with E-state index >= 15 is 0 Å². The first-order chi connectivity index (χ1) is 17.1. The number of imide groups is 1. The summed E-state index contributed by atoms with van der Waals surface area (Å²) in [6.07, 6.45) is 4.52. The van der Waals surface area contributed by atoms with Crippen molar-refractivity contribution < 1.29 is 18.7 Å². The predicted molar refractivity (Wildman–Crippen MR) is 132 cm³/mol. The first-order valence-electron chi connectivity index (χ1n) is 11.9. The third-order valence-corrected chi connectivity index (χ3v) is 6.88. The van der Waals surface area contributed by atoms with Gasteiger partial charge in [0.1, 0.15) is 5.82 Å². The van der Waals surface area contributed by atoms with Crippen LogP contribution < -0.4 is 5.32 Å². The van der Waals surface area contributed by atoms with E-state index in [1.165, 1.54) is 12.1 Å². The number of benzene rings is 2. The Morgan fingerprint density at radius 3 is 2.51 bits per heavy atom. The Labute approximate surface area is 201 Å². The van der Waals surface area contributed by atoms with Crippen LogP contribution in [0, 0.1) is 5.82 Å². The van der Waals surface area contributed by atoms with Gasteiger partial charge in [0.2, 0.25) is 0 Å². The van der Waals surface area contributed by atoms with Crippen molar-refractivity contribution in [3.05, 3.63) is 71.8 Å². The van der Waals surface area contributed by atoms with Gasteiger partial charge < -0.3 is 14.3 Å². The van der Waals surface area contributed by atoms with E-state index in [4.69, 9.17) is 4.74 Å². The lowest BCUT2D eigenvalue weighted by Crippen LogP contribution is -2.37. The number of halogens is 1. The number of nitrogens with one attached hydrogen (secondary N) is 2. The highest BCUT2D eigenvalue weighted by Gasteiger charge is 2.35. The van der Waals surface area contributed by atoms with E-state index in [0.717, 1.165) is 55.6 Å². The summed E-state index contributed by atoms with van der Waals surface area (Å²) >= 11 is 0. The second-order valence-electron chi connectivity index (χ2n) is 8.99. The first-order valence-corrected chi connectivity index (χ1v) is 11.9. The monoisotopic (exact) mass is 472 g/mol. The van der Waals surface area contributed by atoms with Gasteiger partial charge in [-0.2, -0.15) is 0 Å². The van der Waals surface area contributed by atoms with Crippen molar-refractivity contribution in [2.24, 2.45) is 0 Å². The summed E-state index contributed by atoms with van der Waals surface area (Å²) in [5, 5.41) is 4.08. The average Bonchev–Trinajstić information content (AvgIpc) is 3.52. The van der Waals surface area contributed by atoms with Gasteiger partial charge in [0, 0.05) is 66.0 Å². The minimum atomic E-state index is -0.438. The fourth-order valence-electron chi connectivity index (χ4n) is 5.19. The molecule has 0 aliphatic carbocycles. The molecule has 178 valence electrons. The van der Waals surface area contributed by atoms with Crippen LogP contribution in [0.1, 0.15) is 17.5 Å². The van der Waals surface area contributed by atoms with E-state index in [1.54, 1.807) is 12.3 Å². The van der Waals surface area contributed by atoms with Gasteiger partial charge in [0.15, 0.2) is 0 Å². The zero-order chi connectivity index (χ0) is 23.9. The number of hydrogen-bond acceptors (Lipinski definition) is 4. The maximum Gasteiger partial charge on any atom is 0.259 e. The molecule has 2 N–H and O–H groups in total. The molecule has 0 saturated carbocycles. The highest BCUT2D eigenvalue weighted by atomic mass is 19.1. The van der Waals surface area contributed by atoms with Gasteiger partial charge in [0.05, 0.1) is 29.9 Å². The molecule has 2 aliphatic heterocycles. The summed E-state index contributed by atoms with van der Waals surface area (Å²) in [5.74, 6) is -1.20. The van der Waals surface area contributed by atoms with Crippen LogP contribution in [0.3, 0.4) is 0 Å². The van der Waals surface area contributed by atoms with Crippen LogP contribution in [0.25, 0.3) is 33.0 Å². The van der Waals surface area contributed by atoms with Gasteiger partial charge >= 0.3 is 0 Å². The maximum atomic E-state index is 14.2. The van der Waals surface area contributed by atoms with Crippen molar-refractivity contribution in [2.75, 3.05) is 32.8 Å². The normalized spacial score (nSPS) is 17.2. The number of fused-ring (bicyclic) bond motifs is 2. The number of nitrogens with zero attached hydrogens (tertiary/aromatic N) is 2. The number of aromatic amines is 1. The molecule has 0 unspecified atom stereocenters. The number of carbonyl (C=O) groups is 2. The number of carbonyl (C=O) groups excluding carboxylic acids is 2. The molecule has 4 heterocycles. The highest BCUT2D eigenvalue weighted by molar-refractivity contribution is 6.50. The van der Waals surface area contributed by atoms with Crippen molar-refractivity contribution in [1.82, 2.24) is 19.8 Å². The van der Waals surface area contributed by atoms with Gasteiger partial charge in [-0.25, -0.2) is 4.39 Å².